The molecule has 2 aromatic rings. The van der Waals surface area contributed by atoms with E-state index in [0.29, 0.717) is 30.0 Å². The largest absolute Gasteiger partial charge is 0.479 e. The van der Waals surface area contributed by atoms with Gasteiger partial charge in [0.05, 0.1) is 0 Å². The van der Waals surface area contributed by atoms with Gasteiger partial charge in [0.15, 0.2) is 17.8 Å². The lowest BCUT2D eigenvalue weighted by atomic mass is 10.1. The van der Waals surface area contributed by atoms with E-state index in [1.54, 1.807) is 0 Å². The number of ether oxygens (including phenoxy) is 1. The van der Waals surface area contributed by atoms with Crippen LogP contribution in [0.4, 0.5) is 0 Å². The Kier molecular flexibility index (Phi) is 4.31. The number of hydrogen-bond donors (Lipinski definition) is 2. The zero-order valence-corrected chi connectivity index (χ0v) is 13.0. The first-order valence-corrected chi connectivity index (χ1v) is 7.95. The van der Waals surface area contributed by atoms with E-state index in [4.69, 9.17) is 9.84 Å². The average molecular weight is 320 g/mol. The number of fused-ring (bicyclic) bond motifs is 1. The van der Waals surface area contributed by atoms with Crippen LogP contribution in [-0.4, -0.2) is 37.2 Å². The second-order valence-electron chi connectivity index (χ2n) is 5.84. The summed E-state index contributed by atoms with van der Waals surface area (Å²) in [6, 6.07) is 0.0104. The first-order valence-electron chi connectivity index (χ1n) is 7.95. The van der Waals surface area contributed by atoms with Crippen molar-refractivity contribution in [1.82, 2.24) is 19.5 Å². The fraction of sp³-hybridized carbons (Fsp3) is 0.600. The number of carboxylic acids is 1. The molecular formula is C15H20N4O4. The minimum atomic E-state index is -1.11. The molecule has 0 spiro atoms. The number of rotatable bonds is 6. The van der Waals surface area contributed by atoms with Gasteiger partial charge in [0.2, 0.25) is 0 Å². The maximum Gasteiger partial charge on any atom is 0.341 e. The van der Waals surface area contributed by atoms with E-state index in [-0.39, 0.29) is 11.6 Å². The summed E-state index contributed by atoms with van der Waals surface area (Å²) in [6.45, 7) is 1.80. The number of H-pyrrole nitrogens is 1. The summed E-state index contributed by atoms with van der Waals surface area (Å²) >= 11 is 0. The fourth-order valence-electron chi connectivity index (χ4n) is 3.03. The van der Waals surface area contributed by atoms with E-state index in [2.05, 4.69) is 15.0 Å². The van der Waals surface area contributed by atoms with Crippen molar-refractivity contribution in [2.75, 3.05) is 6.61 Å². The van der Waals surface area contributed by atoms with Crippen LogP contribution in [0.1, 0.15) is 50.8 Å². The molecule has 8 nitrogen and oxygen atoms in total. The van der Waals surface area contributed by atoms with Gasteiger partial charge in [0, 0.05) is 12.5 Å². The van der Waals surface area contributed by atoms with Gasteiger partial charge in [-0.25, -0.2) is 9.78 Å². The van der Waals surface area contributed by atoms with Gasteiger partial charge in [0.1, 0.15) is 5.82 Å². The molecule has 124 valence electrons. The number of hydrogen-bond acceptors (Lipinski definition) is 5. The van der Waals surface area contributed by atoms with Gasteiger partial charge >= 0.3 is 12.0 Å². The smallest absolute Gasteiger partial charge is 0.341 e. The molecule has 0 aliphatic heterocycles. The SMILES string of the molecule is CCCn1c(OCC(=O)O)nc2nc(C3CCCC3)[nH]c2c1=O. The van der Waals surface area contributed by atoms with Crippen molar-refractivity contribution in [3.8, 4) is 6.01 Å². The molecule has 1 aliphatic carbocycles. The highest BCUT2D eigenvalue weighted by Crippen LogP contribution is 2.32. The summed E-state index contributed by atoms with van der Waals surface area (Å²) in [6.07, 6.45) is 5.17. The summed E-state index contributed by atoms with van der Waals surface area (Å²) < 4.78 is 6.54. The molecule has 0 aromatic carbocycles. The summed E-state index contributed by atoms with van der Waals surface area (Å²) in [5.41, 5.74) is 0.390. The molecule has 0 unspecified atom stereocenters. The van der Waals surface area contributed by atoms with Crippen LogP contribution in [0.5, 0.6) is 6.01 Å². The van der Waals surface area contributed by atoms with Gasteiger partial charge < -0.3 is 14.8 Å². The van der Waals surface area contributed by atoms with Crippen LogP contribution < -0.4 is 10.3 Å². The van der Waals surface area contributed by atoms with E-state index in [1.807, 2.05) is 6.92 Å². The van der Waals surface area contributed by atoms with Gasteiger partial charge in [-0.3, -0.25) is 9.36 Å². The molecular weight excluding hydrogens is 300 g/mol. The molecule has 0 saturated heterocycles. The molecule has 0 amide bonds. The number of imidazole rings is 1. The zero-order chi connectivity index (χ0) is 16.4. The summed E-state index contributed by atoms with van der Waals surface area (Å²) in [5, 5.41) is 8.76. The Morgan fingerprint density at radius 3 is 2.78 bits per heavy atom. The molecule has 3 rings (SSSR count). The molecule has 1 aliphatic rings. The predicted octanol–water partition coefficient (Wildman–Crippen LogP) is 1.65. The molecule has 8 heteroatoms. The van der Waals surface area contributed by atoms with Crippen molar-refractivity contribution < 1.29 is 14.6 Å². The van der Waals surface area contributed by atoms with Crippen molar-refractivity contribution in [2.24, 2.45) is 0 Å². The quantitative estimate of drug-likeness (QED) is 0.837. The van der Waals surface area contributed by atoms with Crippen LogP contribution in [0.15, 0.2) is 4.79 Å². The number of aromatic nitrogens is 4. The van der Waals surface area contributed by atoms with Crippen molar-refractivity contribution >= 4 is 17.1 Å². The molecule has 0 radical (unpaired) electrons. The maximum absolute atomic E-state index is 12.6. The normalized spacial score (nSPS) is 15.3. The van der Waals surface area contributed by atoms with Crippen LogP contribution in [0, 0.1) is 0 Å². The molecule has 2 aromatic heterocycles. The number of nitrogens with zero attached hydrogens (tertiary/aromatic N) is 3. The molecule has 23 heavy (non-hydrogen) atoms. The molecule has 0 atom stereocenters. The first kappa shape index (κ1) is 15.5. The van der Waals surface area contributed by atoms with Gasteiger partial charge in [-0.15, -0.1) is 0 Å². The predicted molar refractivity (Wildman–Crippen MR) is 82.8 cm³/mol. The second kappa shape index (κ2) is 6.39. The number of aliphatic carboxylic acids is 1. The third-order valence-electron chi connectivity index (χ3n) is 4.11. The lowest BCUT2D eigenvalue weighted by molar-refractivity contribution is -0.139. The fourth-order valence-corrected chi connectivity index (χ4v) is 3.03. The Labute approximate surface area is 132 Å². The number of aromatic amines is 1. The number of carboxylic acid groups (broad SMARTS) is 1. The highest BCUT2D eigenvalue weighted by molar-refractivity contribution is 5.70. The van der Waals surface area contributed by atoms with Gasteiger partial charge in [0.25, 0.3) is 5.56 Å². The van der Waals surface area contributed by atoms with Crippen molar-refractivity contribution in [3.05, 3.63) is 16.2 Å². The Morgan fingerprint density at radius 1 is 1.39 bits per heavy atom. The third-order valence-corrected chi connectivity index (χ3v) is 4.11. The summed E-state index contributed by atoms with van der Waals surface area (Å²) in [7, 11) is 0. The third kappa shape index (κ3) is 3.06. The van der Waals surface area contributed by atoms with Crippen molar-refractivity contribution in [1.29, 1.82) is 0 Å². The molecule has 2 N–H and O–H groups in total. The highest BCUT2D eigenvalue weighted by atomic mass is 16.5. The van der Waals surface area contributed by atoms with Crippen LogP contribution in [0.3, 0.4) is 0 Å². The first-order chi connectivity index (χ1) is 11.1. The monoisotopic (exact) mass is 320 g/mol. The van der Waals surface area contributed by atoms with Crippen LogP contribution in [0.2, 0.25) is 0 Å². The minimum absolute atomic E-state index is 0.0104. The zero-order valence-electron chi connectivity index (χ0n) is 13.0. The van der Waals surface area contributed by atoms with Gasteiger partial charge in [-0.2, -0.15) is 4.98 Å². The number of carbonyl (C=O) groups is 1. The molecule has 1 fully saturated rings. The highest BCUT2D eigenvalue weighted by Gasteiger charge is 2.23. The number of nitrogens with one attached hydrogen (secondary N) is 1. The Morgan fingerprint density at radius 2 is 2.13 bits per heavy atom. The van der Waals surface area contributed by atoms with E-state index < -0.39 is 12.6 Å². The lowest BCUT2D eigenvalue weighted by Gasteiger charge is -2.10. The molecule has 2 heterocycles. The van der Waals surface area contributed by atoms with E-state index in [0.717, 1.165) is 18.7 Å². The Balaban J connectivity index is 2.05. The van der Waals surface area contributed by atoms with E-state index in [9.17, 15) is 9.59 Å². The molecule has 0 bridgehead atoms. The van der Waals surface area contributed by atoms with Crippen LogP contribution in [0.25, 0.3) is 11.2 Å². The lowest BCUT2D eigenvalue weighted by Crippen LogP contribution is -2.25. The van der Waals surface area contributed by atoms with Crippen molar-refractivity contribution in [2.45, 2.75) is 51.5 Å². The van der Waals surface area contributed by atoms with Gasteiger partial charge in [-0.05, 0) is 19.3 Å². The second-order valence-corrected chi connectivity index (χ2v) is 5.84. The Bertz CT molecular complexity index is 774. The maximum atomic E-state index is 12.6. The standard InChI is InChI=1S/C15H20N4O4/c1-2-7-19-14(22)11-13(18-15(19)23-8-10(20)21)17-12(16-11)9-5-3-4-6-9/h9H,2-8H2,1H3,(H,16,17)(H,20,21). The summed E-state index contributed by atoms with van der Waals surface area (Å²) in [5.74, 6) is 0.0169. The minimum Gasteiger partial charge on any atom is -0.479 e. The van der Waals surface area contributed by atoms with Crippen LogP contribution >= 0.6 is 0 Å². The van der Waals surface area contributed by atoms with E-state index in [1.165, 1.54) is 17.4 Å². The topological polar surface area (TPSA) is 110 Å². The summed E-state index contributed by atoms with van der Waals surface area (Å²) in [4.78, 5) is 35.2. The van der Waals surface area contributed by atoms with E-state index >= 15 is 0 Å². The van der Waals surface area contributed by atoms with Gasteiger partial charge in [-0.1, -0.05) is 19.8 Å². The molecule has 1 saturated carbocycles. The van der Waals surface area contributed by atoms with Crippen molar-refractivity contribution in [3.63, 3.8) is 0 Å². The Hall–Kier alpha value is -2.38. The average Bonchev–Trinajstić information content (AvgIpc) is 3.17. The van der Waals surface area contributed by atoms with Crippen LogP contribution in [-0.2, 0) is 11.3 Å².